The first-order chi connectivity index (χ1) is 19.3. The van der Waals surface area contributed by atoms with E-state index in [0.717, 1.165) is 25.3 Å². The first kappa shape index (κ1) is 26.8. The lowest BCUT2D eigenvalue weighted by molar-refractivity contribution is 0.575. The third-order valence-corrected chi connectivity index (χ3v) is 17.2. The lowest BCUT2D eigenvalue weighted by Crippen LogP contribution is -2.77. The van der Waals surface area contributed by atoms with Crippen molar-refractivity contribution in [3.63, 3.8) is 0 Å². The Labute approximate surface area is 235 Å². The summed E-state index contributed by atoms with van der Waals surface area (Å²) in [6, 6.07) is 56.0. The third kappa shape index (κ3) is 5.67. The van der Waals surface area contributed by atoms with E-state index >= 15 is 0 Å². The molecule has 0 N–H and O–H groups in total. The van der Waals surface area contributed by atoms with Crippen LogP contribution in [0.3, 0.4) is 0 Å². The van der Waals surface area contributed by atoms with Gasteiger partial charge in [-0.2, -0.15) is 0 Å². The maximum absolute atomic E-state index is 8.19. The molecule has 194 valence electrons. The Morgan fingerprint density at radius 2 is 0.795 bits per heavy atom. The predicted molar refractivity (Wildman–Crippen MR) is 172 cm³/mol. The molecule has 0 amide bonds. The van der Waals surface area contributed by atoms with Gasteiger partial charge in [0.05, 0.1) is 0 Å². The van der Waals surface area contributed by atoms with E-state index < -0.39 is 16.6 Å². The summed E-state index contributed by atoms with van der Waals surface area (Å²) in [5, 5.41) is 6.48. The van der Waals surface area contributed by atoms with E-state index in [1.807, 2.05) is 6.08 Å². The molecular weight excluding hydrogens is 505 g/mol. The van der Waals surface area contributed by atoms with Gasteiger partial charge >= 0.3 is 0 Å². The van der Waals surface area contributed by atoms with Crippen LogP contribution in [-0.4, -0.2) is 16.6 Å². The van der Waals surface area contributed by atoms with Gasteiger partial charge in [-0.3, -0.25) is 0 Å². The van der Waals surface area contributed by atoms with Gasteiger partial charge in [-0.15, -0.1) is 6.58 Å². The largest absolute Gasteiger partial charge is 0.439 e. The van der Waals surface area contributed by atoms with Crippen LogP contribution in [0.2, 0.25) is 6.04 Å². The predicted octanol–water partition coefficient (Wildman–Crippen LogP) is 5.79. The van der Waals surface area contributed by atoms with Crippen molar-refractivity contribution in [3.05, 3.63) is 164 Å². The van der Waals surface area contributed by atoms with Crippen LogP contribution in [0.25, 0.3) is 0 Å². The third-order valence-electron chi connectivity index (χ3n) is 7.54. The summed E-state index contributed by atoms with van der Waals surface area (Å²) in [7, 11) is -5.71. The van der Waals surface area contributed by atoms with Crippen molar-refractivity contribution in [2.45, 2.75) is 25.3 Å². The zero-order chi connectivity index (χ0) is 26.8. The molecule has 0 bridgehead atoms. The summed E-state index contributed by atoms with van der Waals surface area (Å²) in [6.07, 6.45) is 5.25. The molecule has 0 saturated carbocycles. The molecule has 3 heteroatoms. The Bertz CT molecular complexity index is 1290. The van der Waals surface area contributed by atoms with Crippen molar-refractivity contribution >= 4 is 42.6 Å². The topological polar surface area (TPSA) is 9.23 Å². The van der Waals surface area contributed by atoms with Gasteiger partial charge in [-0.1, -0.05) is 164 Å². The maximum atomic E-state index is 8.19. The second-order valence-electron chi connectivity index (χ2n) is 9.97. The van der Waals surface area contributed by atoms with Gasteiger partial charge in [0.15, 0.2) is 0 Å². The summed E-state index contributed by atoms with van der Waals surface area (Å²) in [5.41, 5.74) is 0. The summed E-state index contributed by atoms with van der Waals surface area (Å²) in [6.45, 7) is 3.98. The lowest BCUT2D eigenvalue weighted by atomic mass is 10.2. The minimum Gasteiger partial charge on any atom is -0.439 e. The number of hydrogen-bond donors (Lipinski definition) is 0. The highest BCUT2D eigenvalue weighted by molar-refractivity contribution is 7.14. The van der Waals surface area contributed by atoms with Gasteiger partial charge < -0.3 is 4.12 Å². The van der Waals surface area contributed by atoms with Crippen LogP contribution in [0.15, 0.2) is 164 Å². The summed E-state index contributed by atoms with van der Waals surface area (Å²) in [5.74, 6) is 0. The van der Waals surface area contributed by atoms with E-state index in [1.165, 1.54) is 25.9 Å². The molecule has 0 atom stereocenters. The van der Waals surface area contributed by atoms with E-state index in [2.05, 4.69) is 158 Å². The summed E-state index contributed by atoms with van der Waals surface area (Å²) in [4.78, 5) is 0. The molecule has 0 spiro atoms. The molecule has 0 radical (unpaired) electrons. The Morgan fingerprint density at radius 1 is 0.462 bits per heavy atom. The number of allylic oxidation sites excluding steroid dienone is 1. The Kier molecular flexibility index (Phi) is 8.84. The van der Waals surface area contributed by atoms with Crippen molar-refractivity contribution in [2.75, 3.05) is 0 Å². The van der Waals surface area contributed by atoms with E-state index in [1.54, 1.807) is 0 Å². The van der Waals surface area contributed by atoms with Crippen molar-refractivity contribution in [1.82, 2.24) is 0 Å². The number of hydrogen-bond acceptors (Lipinski definition) is 1. The highest BCUT2D eigenvalue weighted by Gasteiger charge is 2.51. The Morgan fingerprint density at radius 3 is 1.13 bits per heavy atom. The summed E-state index contributed by atoms with van der Waals surface area (Å²) >= 11 is 0. The smallest absolute Gasteiger partial charge is 0.278 e. The molecule has 0 aliphatic heterocycles. The normalized spacial score (nSPS) is 11.7. The molecule has 0 saturated heterocycles. The van der Waals surface area contributed by atoms with Gasteiger partial charge in [0.2, 0.25) is 8.32 Å². The van der Waals surface area contributed by atoms with Gasteiger partial charge in [0.1, 0.15) is 0 Å². The Balaban J connectivity index is 1.83. The second kappa shape index (κ2) is 12.9. The quantitative estimate of drug-likeness (QED) is 0.0843. The minimum absolute atomic E-state index is 1.01. The fraction of sp³-hybridized carbons (Fsp3) is 0.111. The van der Waals surface area contributed by atoms with Gasteiger partial charge in [0.25, 0.3) is 8.32 Å². The highest BCUT2D eigenvalue weighted by atomic mass is 28.4. The van der Waals surface area contributed by atoms with Crippen LogP contribution in [-0.2, 0) is 4.12 Å². The monoisotopic (exact) mass is 540 g/mol. The molecule has 0 unspecified atom stereocenters. The first-order valence-corrected chi connectivity index (χ1v) is 17.9. The molecule has 5 aromatic rings. The van der Waals surface area contributed by atoms with Crippen molar-refractivity contribution in [3.8, 4) is 0 Å². The molecule has 5 rings (SSSR count). The average molecular weight is 541 g/mol. The van der Waals surface area contributed by atoms with Crippen molar-refractivity contribution in [1.29, 1.82) is 0 Å². The van der Waals surface area contributed by atoms with Crippen LogP contribution in [0.5, 0.6) is 0 Å². The van der Waals surface area contributed by atoms with Crippen LogP contribution in [0.1, 0.15) is 19.3 Å². The molecular formula is C36H36OSi2. The fourth-order valence-corrected chi connectivity index (χ4v) is 16.6. The van der Waals surface area contributed by atoms with Crippen LogP contribution < -0.4 is 25.9 Å². The van der Waals surface area contributed by atoms with Gasteiger partial charge in [-0.05, 0) is 44.8 Å². The van der Waals surface area contributed by atoms with Crippen molar-refractivity contribution in [2.24, 2.45) is 0 Å². The molecule has 0 aliphatic rings. The second-order valence-corrected chi connectivity index (χ2v) is 17.2. The van der Waals surface area contributed by atoms with E-state index in [9.17, 15) is 0 Å². The average Bonchev–Trinajstić information content (AvgIpc) is 3.03. The SMILES string of the molecule is C=CCCCC[Si](O[Si](c1ccccc1)(c1ccccc1)c1ccccc1)(c1ccccc1)c1ccccc1. The zero-order valence-electron chi connectivity index (χ0n) is 22.5. The molecule has 5 aromatic carbocycles. The summed E-state index contributed by atoms with van der Waals surface area (Å²) < 4.78 is 8.19. The van der Waals surface area contributed by atoms with Gasteiger partial charge in [-0.25, -0.2) is 0 Å². The number of benzene rings is 5. The van der Waals surface area contributed by atoms with Gasteiger partial charge in [0, 0.05) is 0 Å². The highest BCUT2D eigenvalue weighted by Crippen LogP contribution is 2.24. The first-order valence-electron chi connectivity index (χ1n) is 13.9. The van der Waals surface area contributed by atoms with Crippen LogP contribution in [0, 0.1) is 0 Å². The van der Waals surface area contributed by atoms with Crippen LogP contribution in [0.4, 0.5) is 0 Å². The molecule has 0 aromatic heterocycles. The molecule has 0 aliphatic carbocycles. The van der Waals surface area contributed by atoms with Crippen LogP contribution >= 0.6 is 0 Å². The van der Waals surface area contributed by atoms with E-state index in [0.29, 0.717) is 0 Å². The standard InChI is InChI=1S/C36H36OSi2/c1-2-3-4-20-31-38(32-21-10-5-11-22-32,33-23-12-6-13-24-33)37-39(34-25-14-7-15-26-34,35-27-16-8-17-28-35)36-29-18-9-19-30-36/h2,5-19,21-30H,1,3-4,20,31H2. The Hall–Kier alpha value is -3.77. The molecule has 39 heavy (non-hydrogen) atoms. The fourth-order valence-electron chi connectivity index (χ4n) is 5.66. The zero-order valence-corrected chi connectivity index (χ0v) is 24.5. The van der Waals surface area contributed by atoms with E-state index in [4.69, 9.17) is 4.12 Å². The maximum Gasteiger partial charge on any atom is 0.278 e. The minimum atomic E-state index is -2.95. The van der Waals surface area contributed by atoms with Crippen molar-refractivity contribution < 1.29 is 4.12 Å². The lowest BCUT2D eigenvalue weighted by Gasteiger charge is -2.44. The van der Waals surface area contributed by atoms with E-state index in [-0.39, 0.29) is 0 Å². The molecule has 0 fully saturated rings. The molecule has 1 nitrogen and oxygen atoms in total. The number of unbranched alkanes of at least 4 members (excludes halogenated alkanes) is 2. The number of rotatable bonds is 12. The molecule has 0 heterocycles.